The van der Waals surface area contributed by atoms with Gasteiger partial charge in [0.05, 0.1) is 0 Å². The topological polar surface area (TPSA) is 41.6 Å². The van der Waals surface area contributed by atoms with Gasteiger partial charge in [-0.1, -0.05) is 20.8 Å². The predicted octanol–water partition coefficient (Wildman–Crippen LogP) is 2.58. The molecule has 0 aromatic carbocycles. The lowest BCUT2D eigenvalue weighted by Gasteiger charge is -2.10. The molecule has 0 radical (unpaired) electrons. The summed E-state index contributed by atoms with van der Waals surface area (Å²) in [6, 6.07) is 0. The molecule has 0 saturated heterocycles. The number of rotatable bonds is 2. The number of hydrogen-bond donors (Lipinski definition) is 1. The van der Waals surface area contributed by atoms with E-state index in [1.807, 2.05) is 20.8 Å². The van der Waals surface area contributed by atoms with Gasteiger partial charge in [0.2, 0.25) is 0 Å². The quantitative estimate of drug-likeness (QED) is 0.809. The number of hydrogen-bond acceptors (Lipinski definition) is 2. The van der Waals surface area contributed by atoms with Gasteiger partial charge < -0.3 is 0 Å². The van der Waals surface area contributed by atoms with Crippen LogP contribution in [0.4, 0.5) is 13.2 Å². The summed E-state index contributed by atoms with van der Waals surface area (Å²) in [6.45, 7) is 5.65. The van der Waals surface area contributed by atoms with Gasteiger partial charge in [-0.3, -0.25) is 5.10 Å². The van der Waals surface area contributed by atoms with E-state index in [0.717, 1.165) is 0 Å². The van der Waals surface area contributed by atoms with Crippen LogP contribution >= 0.6 is 0 Å². The van der Waals surface area contributed by atoms with Gasteiger partial charge in [0.25, 0.3) is 5.82 Å². The Kier molecular flexibility index (Phi) is 2.82. The molecule has 3 nitrogen and oxygen atoms in total. The average Bonchev–Trinajstić information content (AvgIpc) is 2.49. The minimum absolute atomic E-state index is 0.0569. The van der Waals surface area contributed by atoms with E-state index in [9.17, 15) is 13.2 Å². The van der Waals surface area contributed by atoms with Gasteiger partial charge in [0.15, 0.2) is 0 Å². The first-order chi connectivity index (χ1) is 6.32. The fourth-order valence-corrected chi connectivity index (χ4v) is 0.920. The highest BCUT2D eigenvalue weighted by atomic mass is 19.4. The van der Waals surface area contributed by atoms with Crippen molar-refractivity contribution in [3.05, 3.63) is 11.6 Å². The van der Waals surface area contributed by atoms with Gasteiger partial charge in [-0.2, -0.15) is 13.2 Å². The van der Waals surface area contributed by atoms with Crippen molar-refractivity contribution in [1.82, 2.24) is 15.2 Å². The number of halogens is 3. The molecule has 0 bridgehead atoms. The zero-order chi connectivity index (χ0) is 10.9. The van der Waals surface area contributed by atoms with Gasteiger partial charge in [-0.15, -0.1) is 5.10 Å². The third kappa shape index (κ3) is 2.24. The fourth-order valence-electron chi connectivity index (χ4n) is 0.920. The molecular weight excluding hydrogens is 195 g/mol. The molecule has 0 aliphatic carbocycles. The molecule has 0 fully saturated rings. The number of aromatic nitrogens is 3. The molecule has 0 aliphatic heterocycles. The van der Waals surface area contributed by atoms with Gasteiger partial charge in [0.1, 0.15) is 5.82 Å². The molecule has 1 N–H and O–H groups in total. The van der Waals surface area contributed by atoms with Crippen molar-refractivity contribution in [3.63, 3.8) is 0 Å². The van der Waals surface area contributed by atoms with Crippen LogP contribution in [-0.2, 0) is 6.18 Å². The summed E-state index contributed by atoms with van der Waals surface area (Å²) >= 11 is 0. The lowest BCUT2D eigenvalue weighted by molar-refractivity contribution is -0.144. The summed E-state index contributed by atoms with van der Waals surface area (Å²) in [5, 5.41) is 5.44. The van der Waals surface area contributed by atoms with Gasteiger partial charge in [-0.05, 0) is 5.92 Å². The molecular formula is C8H12F3N3. The summed E-state index contributed by atoms with van der Waals surface area (Å²) in [5.74, 6) is -0.644. The van der Waals surface area contributed by atoms with Crippen LogP contribution in [-0.4, -0.2) is 15.2 Å². The zero-order valence-electron chi connectivity index (χ0n) is 8.18. The Bertz CT molecular complexity index is 303. The summed E-state index contributed by atoms with van der Waals surface area (Å²) in [7, 11) is 0. The highest BCUT2D eigenvalue weighted by Crippen LogP contribution is 2.28. The number of nitrogens with one attached hydrogen (secondary N) is 1. The van der Waals surface area contributed by atoms with Crippen LogP contribution < -0.4 is 0 Å². The number of aromatic amines is 1. The standard InChI is InChI=1S/C8H12F3N3/c1-4(2)5(3)6-12-7(14-13-6)8(9,10)11/h4-5H,1-3H3,(H,12,13,14)/t5-/m0/s1. The van der Waals surface area contributed by atoms with E-state index < -0.39 is 12.0 Å². The fraction of sp³-hybridized carbons (Fsp3) is 0.750. The van der Waals surface area contributed by atoms with E-state index in [1.54, 1.807) is 0 Å². The van der Waals surface area contributed by atoms with Gasteiger partial charge >= 0.3 is 6.18 Å². The predicted molar refractivity (Wildman–Crippen MR) is 44.6 cm³/mol. The molecule has 14 heavy (non-hydrogen) atoms. The molecule has 0 unspecified atom stereocenters. The maximum absolute atomic E-state index is 12.1. The second-order valence-electron chi connectivity index (χ2n) is 3.57. The molecule has 0 amide bonds. The Labute approximate surface area is 79.7 Å². The van der Waals surface area contributed by atoms with Crippen LogP contribution in [0.2, 0.25) is 0 Å². The second-order valence-corrected chi connectivity index (χ2v) is 3.57. The van der Waals surface area contributed by atoms with Gasteiger partial charge in [0, 0.05) is 5.92 Å². The van der Waals surface area contributed by atoms with E-state index in [2.05, 4.69) is 15.2 Å². The van der Waals surface area contributed by atoms with Crippen molar-refractivity contribution in [2.45, 2.75) is 32.9 Å². The van der Waals surface area contributed by atoms with Crippen LogP contribution in [0.15, 0.2) is 0 Å². The van der Waals surface area contributed by atoms with Crippen LogP contribution in [0.25, 0.3) is 0 Å². The van der Waals surface area contributed by atoms with E-state index in [1.165, 1.54) is 0 Å². The molecule has 0 spiro atoms. The Hall–Kier alpha value is -1.07. The molecule has 1 rings (SSSR count). The second kappa shape index (κ2) is 3.59. The highest BCUT2D eigenvalue weighted by molar-refractivity contribution is 4.99. The van der Waals surface area contributed by atoms with E-state index in [4.69, 9.17) is 0 Å². The minimum Gasteiger partial charge on any atom is -0.262 e. The monoisotopic (exact) mass is 207 g/mol. The third-order valence-corrected chi connectivity index (χ3v) is 2.19. The van der Waals surface area contributed by atoms with Crippen molar-refractivity contribution < 1.29 is 13.2 Å². The molecule has 1 atom stereocenters. The maximum Gasteiger partial charge on any atom is 0.453 e. The summed E-state index contributed by atoms with van der Waals surface area (Å²) in [5.41, 5.74) is 0. The molecule has 0 aliphatic rings. The molecule has 6 heteroatoms. The number of alkyl halides is 3. The van der Waals surface area contributed by atoms with E-state index in [0.29, 0.717) is 0 Å². The van der Waals surface area contributed by atoms with Crippen molar-refractivity contribution in [2.75, 3.05) is 0 Å². The first kappa shape index (κ1) is 11.0. The summed E-state index contributed by atoms with van der Waals surface area (Å²) in [4.78, 5) is 3.41. The molecule has 1 heterocycles. The van der Waals surface area contributed by atoms with Crippen molar-refractivity contribution >= 4 is 0 Å². The molecule has 1 aromatic heterocycles. The zero-order valence-corrected chi connectivity index (χ0v) is 8.18. The van der Waals surface area contributed by atoms with E-state index in [-0.39, 0.29) is 17.7 Å². The first-order valence-corrected chi connectivity index (χ1v) is 4.32. The number of H-pyrrole nitrogens is 1. The SMILES string of the molecule is CC(C)[C@H](C)c1nc(C(F)(F)F)n[nH]1. The average molecular weight is 207 g/mol. The Morgan fingerprint density at radius 3 is 2.14 bits per heavy atom. The largest absolute Gasteiger partial charge is 0.453 e. The summed E-state index contributed by atoms with van der Waals surface area (Å²) < 4.78 is 36.4. The Morgan fingerprint density at radius 1 is 1.21 bits per heavy atom. The van der Waals surface area contributed by atoms with Gasteiger partial charge in [-0.25, -0.2) is 4.98 Å². The first-order valence-electron chi connectivity index (χ1n) is 4.32. The molecule has 1 aromatic rings. The Morgan fingerprint density at radius 2 is 1.79 bits per heavy atom. The highest BCUT2D eigenvalue weighted by Gasteiger charge is 2.36. The van der Waals surface area contributed by atoms with Crippen molar-refractivity contribution in [2.24, 2.45) is 5.92 Å². The maximum atomic E-state index is 12.1. The van der Waals surface area contributed by atoms with Crippen molar-refractivity contribution in [3.8, 4) is 0 Å². The lowest BCUT2D eigenvalue weighted by Crippen LogP contribution is -2.08. The van der Waals surface area contributed by atoms with Crippen molar-refractivity contribution in [1.29, 1.82) is 0 Å². The summed E-state index contributed by atoms with van der Waals surface area (Å²) in [6.07, 6.45) is -4.47. The van der Waals surface area contributed by atoms with Crippen LogP contribution in [0.5, 0.6) is 0 Å². The van der Waals surface area contributed by atoms with E-state index >= 15 is 0 Å². The smallest absolute Gasteiger partial charge is 0.262 e. The van der Waals surface area contributed by atoms with Crippen LogP contribution in [0.3, 0.4) is 0 Å². The number of nitrogens with zero attached hydrogens (tertiary/aromatic N) is 2. The molecule has 80 valence electrons. The molecule has 0 saturated carbocycles. The normalized spacial score (nSPS) is 14.8. The van der Waals surface area contributed by atoms with Crippen LogP contribution in [0, 0.1) is 5.92 Å². The van der Waals surface area contributed by atoms with Crippen LogP contribution in [0.1, 0.15) is 38.3 Å². The lowest BCUT2D eigenvalue weighted by atomic mass is 9.98. The minimum atomic E-state index is -4.47. The Balaban J connectivity index is 2.89. The third-order valence-electron chi connectivity index (χ3n) is 2.19.